The first kappa shape index (κ1) is 16.0. The molecule has 0 bridgehead atoms. The molecule has 2 atom stereocenters. The molecule has 0 radical (unpaired) electrons. The van der Waals surface area contributed by atoms with E-state index in [0.717, 1.165) is 25.9 Å². The summed E-state index contributed by atoms with van der Waals surface area (Å²) in [6, 6.07) is 0.254. The third-order valence-corrected chi connectivity index (χ3v) is 3.09. The molecule has 6 heteroatoms. The molecule has 0 aromatic rings. The Bertz CT molecular complexity index is 365. The lowest BCUT2D eigenvalue weighted by Gasteiger charge is -2.28. The van der Waals surface area contributed by atoms with E-state index in [2.05, 4.69) is 4.99 Å². The highest BCUT2D eigenvalue weighted by Gasteiger charge is 2.34. The Morgan fingerprint density at radius 2 is 2.26 bits per heavy atom. The topological polar surface area (TPSA) is 46.3 Å². The van der Waals surface area contributed by atoms with Gasteiger partial charge < -0.3 is 17.1 Å². The molecule has 2 aliphatic heterocycles. The average Bonchev–Trinajstić information content (AvgIpc) is 2.86. The largest absolute Gasteiger partial charge is 1.00 e. The van der Waals surface area contributed by atoms with Crippen molar-refractivity contribution >= 4 is 12.4 Å². The minimum Gasteiger partial charge on any atom is -1.00 e. The van der Waals surface area contributed by atoms with E-state index < -0.39 is 5.60 Å². The van der Waals surface area contributed by atoms with Crippen LogP contribution in [0.2, 0.25) is 0 Å². The molecule has 1 saturated heterocycles. The van der Waals surface area contributed by atoms with Gasteiger partial charge in [0.2, 0.25) is 0 Å². The summed E-state index contributed by atoms with van der Waals surface area (Å²) >= 11 is 0. The van der Waals surface area contributed by atoms with Crippen LogP contribution >= 0.6 is 0 Å². The van der Waals surface area contributed by atoms with Crippen LogP contribution < -0.4 is 17.3 Å². The van der Waals surface area contributed by atoms with E-state index >= 15 is 0 Å². The minimum atomic E-state index is -0.425. The summed E-state index contributed by atoms with van der Waals surface area (Å²) in [6.45, 7) is 7.37. The van der Waals surface area contributed by atoms with Crippen LogP contribution in [0.3, 0.4) is 0 Å². The number of quaternary nitrogens is 1. The monoisotopic (exact) mass is 287 g/mol. The van der Waals surface area contributed by atoms with Gasteiger partial charge >= 0.3 is 6.09 Å². The smallest absolute Gasteiger partial charge is 0.410 e. The predicted octanol–water partition coefficient (Wildman–Crippen LogP) is -2.21. The van der Waals surface area contributed by atoms with Crippen LogP contribution in [0.15, 0.2) is 17.4 Å². The molecule has 1 fully saturated rings. The molecule has 108 valence electrons. The molecular formula is C13H22ClN3O2. The first-order valence-electron chi connectivity index (χ1n) is 6.51. The van der Waals surface area contributed by atoms with E-state index in [1.165, 1.54) is 4.90 Å². The summed E-state index contributed by atoms with van der Waals surface area (Å²) in [4.78, 5) is 19.2. The molecule has 0 aromatic carbocycles. The van der Waals surface area contributed by atoms with E-state index in [0.29, 0.717) is 0 Å². The van der Waals surface area contributed by atoms with Gasteiger partial charge in [0.05, 0.1) is 12.2 Å². The molecule has 0 aliphatic carbocycles. The molecule has 5 nitrogen and oxygen atoms in total. The number of nitrogens with zero attached hydrogens (tertiary/aromatic N) is 2. The molecule has 1 amide bonds. The van der Waals surface area contributed by atoms with Crippen molar-refractivity contribution in [3.63, 3.8) is 0 Å². The Morgan fingerprint density at radius 1 is 1.53 bits per heavy atom. The Kier molecular flexibility index (Phi) is 5.38. The molecule has 1 N–H and O–H groups in total. The highest BCUT2D eigenvalue weighted by Crippen LogP contribution is 2.19. The first-order valence-corrected chi connectivity index (χ1v) is 6.51. The van der Waals surface area contributed by atoms with Gasteiger partial charge in [-0.25, -0.2) is 9.79 Å². The van der Waals surface area contributed by atoms with Crippen LogP contribution in [0.25, 0.3) is 0 Å². The average molecular weight is 288 g/mol. The molecule has 2 rings (SSSR count). The SMILES string of the molecule is CC(C)(C)OC(=O)N1CCC[C@H]1C[NH+]1C=CN=C1.[Cl-]. The number of carbonyl (C=O) groups excluding carboxylic acids is 1. The van der Waals surface area contributed by atoms with E-state index in [1.807, 2.05) is 38.2 Å². The second kappa shape index (κ2) is 6.39. The fourth-order valence-corrected chi connectivity index (χ4v) is 2.32. The van der Waals surface area contributed by atoms with Gasteiger partial charge in [0, 0.05) is 6.54 Å². The third-order valence-electron chi connectivity index (χ3n) is 3.09. The normalized spacial score (nSPS) is 25.5. The first-order chi connectivity index (χ1) is 8.46. The summed E-state index contributed by atoms with van der Waals surface area (Å²) in [5.74, 6) is 0. The number of carbonyl (C=O) groups is 1. The van der Waals surface area contributed by atoms with Crippen molar-refractivity contribution in [1.82, 2.24) is 4.90 Å². The quantitative estimate of drug-likeness (QED) is 0.626. The van der Waals surface area contributed by atoms with Gasteiger partial charge in [-0.15, -0.1) is 0 Å². The molecule has 0 spiro atoms. The number of ether oxygens (including phenoxy) is 1. The maximum Gasteiger partial charge on any atom is 0.410 e. The highest BCUT2D eigenvalue weighted by molar-refractivity contribution is 5.69. The second-order valence-corrected chi connectivity index (χ2v) is 5.84. The lowest BCUT2D eigenvalue weighted by Crippen LogP contribution is -3.07. The molecule has 0 aromatic heterocycles. The van der Waals surface area contributed by atoms with Crippen molar-refractivity contribution < 1.29 is 26.8 Å². The van der Waals surface area contributed by atoms with Gasteiger partial charge in [-0.1, -0.05) is 0 Å². The lowest BCUT2D eigenvalue weighted by molar-refractivity contribution is -0.739. The lowest BCUT2D eigenvalue weighted by atomic mass is 10.2. The summed E-state index contributed by atoms with van der Waals surface area (Å²) in [5, 5.41) is 0. The van der Waals surface area contributed by atoms with Crippen LogP contribution in [0, 0.1) is 0 Å². The zero-order valence-corrected chi connectivity index (χ0v) is 12.5. The van der Waals surface area contributed by atoms with Gasteiger partial charge in [-0.3, -0.25) is 9.80 Å². The zero-order chi connectivity index (χ0) is 13.2. The van der Waals surface area contributed by atoms with E-state index in [1.54, 1.807) is 6.20 Å². The Balaban J connectivity index is 0.00000180. The molecule has 2 heterocycles. The number of aliphatic imine (C=N–C) groups is 1. The van der Waals surface area contributed by atoms with Crippen molar-refractivity contribution in [3.05, 3.63) is 12.4 Å². The van der Waals surface area contributed by atoms with Crippen LogP contribution in [0.1, 0.15) is 33.6 Å². The molecule has 2 aliphatic rings. The molecule has 1 unspecified atom stereocenters. The summed E-state index contributed by atoms with van der Waals surface area (Å²) in [6.07, 6.45) is 7.58. The van der Waals surface area contributed by atoms with E-state index in [9.17, 15) is 4.79 Å². The number of amides is 1. The van der Waals surface area contributed by atoms with Gasteiger partial charge in [-0.2, -0.15) is 0 Å². The molecular weight excluding hydrogens is 266 g/mol. The van der Waals surface area contributed by atoms with Crippen LogP contribution in [0.5, 0.6) is 0 Å². The molecule has 0 saturated carbocycles. The third kappa shape index (κ3) is 4.51. The molecule has 19 heavy (non-hydrogen) atoms. The fraction of sp³-hybridized carbons (Fsp3) is 0.692. The number of likely N-dealkylation sites (tertiary alicyclic amines) is 1. The number of halogens is 1. The number of nitrogens with one attached hydrogen (secondary N) is 1. The van der Waals surface area contributed by atoms with Crippen molar-refractivity contribution in [2.45, 2.75) is 45.3 Å². The summed E-state index contributed by atoms with van der Waals surface area (Å²) < 4.78 is 5.44. The van der Waals surface area contributed by atoms with Crippen molar-refractivity contribution in [2.75, 3.05) is 13.1 Å². The Morgan fingerprint density at radius 3 is 2.84 bits per heavy atom. The van der Waals surface area contributed by atoms with Crippen LogP contribution in [0.4, 0.5) is 4.79 Å². The van der Waals surface area contributed by atoms with Crippen molar-refractivity contribution in [1.29, 1.82) is 0 Å². The van der Waals surface area contributed by atoms with Crippen LogP contribution in [-0.2, 0) is 4.74 Å². The van der Waals surface area contributed by atoms with Crippen molar-refractivity contribution in [2.24, 2.45) is 4.99 Å². The van der Waals surface area contributed by atoms with Crippen LogP contribution in [-0.4, -0.2) is 42.1 Å². The summed E-state index contributed by atoms with van der Waals surface area (Å²) in [7, 11) is 0. The maximum atomic E-state index is 12.1. The Hall–Kier alpha value is -1.07. The van der Waals surface area contributed by atoms with Gasteiger partial charge in [0.25, 0.3) is 0 Å². The van der Waals surface area contributed by atoms with E-state index in [-0.39, 0.29) is 24.5 Å². The van der Waals surface area contributed by atoms with Crippen molar-refractivity contribution in [3.8, 4) is 0 Å². The fourth-order valence-electron chi connectivity index (χ4n) is 2.32. The van der Waals surface area contributed by atoms with Gasteiger partial charge in [0.15, 0.2) is 6.34 Å². The standard InChI is InChI=1S/C13H21N3O2.ClH/c1-13(2,3)18-12(17)16-7-4-5-11(16)9-15-8-6-14-10-15;/h6,8,10-11H,4-5,7,9H2,1-3H3;1H/t11-;/m0./s1. The second-order valence-electron chi connectivity index (χ2n) is 5.84. The zero-order valence-electron chi connectivity index (χ0n) is 11.7. The maximum absolute atomic E-state index is 12.1. The minimum absolute atomic E-state index is 0. The predicted molar refractivity (Wildman–Crippen MR) is 69.4 cm³/mol. The highest BCUT2D eigenvalue weighted by atomic mass is 35.5. The summed E-state index contributed by atoms with van der Waals surface area (Å²) in [5.41, 5.74) is -0.425. The van der Waals surface area contributed by atoms with Gasteiger partial charge in [-0.05, 0) is 33.6 Å². The number of hydrogen-bond acceptors (Lipinski definition) is 3. The number of rotatable bonds is 2. The van der Waals surface area contributed by atoms with E-state index in [4.69, 9.17) is 4.74 Å². The van der Waals surface area contributed by atoms with Gasteiger partial charge in [0.1, 0.15) is 18.3 Å². The number of hydrogen-bond donors (Lipinski definition) is 1. The Labute approximate surface area is 120 Å².